The summed E-state index contributed by atoms with van der Waals surface area (Å²) in [6.45, 7) is 2.08. The van der Waals surface area contributed by atoms with E-state index in [0.29, 0.717) is 0 Å². The molecule has 88 valence electrons. The molecule has 17 heavy (non-hydrogen) atoms. The number of hydrogen-bond acceptors (Lipinski definition) is 4. The van der Waals surface area contributed by atoms with E-state index < -0.39 is 0 Å². The lowest BCUT2D eigenvalue weighted by molar-refractivity contribution is 1.08. The summed E-state index contributed by atoms with van der Waals surface area (Å²) in [5, 5.41) is 3.05. The molecule has 0 aliphatic rings. The van der Waals surface area contributed by atoms with Crippen LogP contribution in [0.5, 0.6) is 0 Å². The predicted octanol–water partition coefficient (Wildman–Crippen LogP) is 2.59. The number of aryl methyl sites for hydroxylation is 1. The summed E-state index contributed by atoms with van der Waals surface area (Å²) in [7, 11) is 3.83. The van der Waals surface area contributed by atoms with Gasteiger partial charge >= 0.3 is 0 Å². The average molecular weight is 228 g/mol. The first-order valence-corrected chi connectivity index (χ1v) is 5.51. The number of anilines is 3. The van der Waals surface area contributed by atoms with Gasteiger partial charge in [0.05, 0.1) is 0 Å². The predicted molar refractivity (Wildman–Crippen MR) is 70.8 cm³/mol. The van der Waals surface area contributed by atoms with E-state index in [1.54, 1.807) is 12.4 Å². The molecule has 2 rings (SSSR count). The Labute approximate surface area is 101 Å². The monoisotopic (exact) mass is 228 g/mol. The van der Waals surface area contributed by atoms with Crippen LogP contribution in [0.15, 0.2) is 36.7 Å². The van der Waals surface area contributed by atoms with E-state index in [1.165, 1.54) is 5.56 Å². The summed E-state index contributed by atoms with van der Waals surface area (Å²) >= 11 is 0. The van der Waals surface area contributed by atoms with Gasteiger partial charge in [-0.15, -0.1) is 0 Å². The van der Waals surface area contributed by atoms with Crippen molar-refractivity contribution in [2.45, 2.75) is 6.92 Å². The van der Waals surface area contributed by atoms with Crippen LogP contribution in [0.3, 0.4) is 0 Å². The largest absolute Gasteiger partial charge is 0.370 e. The van der Waals surface area contributed by atoms with E-state index in [4.69, 9.17) is 0 Å². The number of nitrogens with zero attached hydrogens (tertiary/aromatic N) is 3. The van der Waals surface area contributed by atoms with Crippen LogP contribution in [0.2, 0.25) is 0 Å². The topological polar surface area (TPSA) is 41.1 Å². The van der Waals surface area contributed by atoms with Crippen LogP contribution in [0, 0.1) is 6.92 Å². The molecule has 0 amide bonds. The van der Waals surface area contributed by atoms with Crippen LogP contribution in [0.25, 0.3) is 0 Å². The smallest absolute Gasteiger partial charge is 0.175 e. The highest BCUT2D eigenvalue weighted by molar-refractivity contribution is 5.69. The van der Waals surface area contributed by atoms with Crippen molar-refractivity contribution in [1.29, 1.82) is 0 Å². The first kappa shape index (κ1) is 11.4. The minimum Gasteiger partial charge on any atom is -0.370 e. The van der Waals surface area contributed by atoms with Crippen LogP contribution in [-0.4, -0.2) is 24.1 Å². The van der Waals surface area contributed by atoms with Crippen LogP contribution in [0.1, 0.15) is 5.56 Å². The average Bonchev–Trinajstić information content (AvgIpc) is 2.38. The molecular formula is C13H16N4. The second kappa shape index (κ2) is 4.82. The Hall–Kier alpha value is -2.10. The first-order valence-electron chi connectivity index (χ1n) is 5.51. The fourth-order valence-corrected chi connectivity index (χ4v) is 1.71. The molecule has 0 spiro atoms. The molecule has 0 aliphatic carbocycles. The fourth-order valence-electron chi connectivity index (χ4n) is 1.71. The molecule has 0 unspecified atom stereocenters. The minimum absolute atomic E-state index is 0.775. The molecule has 0 radical (unpaired) electrons. The second-order valence-electron chi connectivity index (χ2n) is 3.88. The highest BCUT2D eigenvalue weighted by Crippen LogP contribution is 2.26. The van der Waals surface area contributed by atoms with E-state index >= 15 is 0 Å². The van der Waals surface area contributed by atoms with Gasteiger partial charge in [-0.25, -0.2) is 9.97 Å². The van der Waals surface area contributed by atoms with Crippen molar-refractivity contribution in [2.24, 2.45) is 0 Å². The van der Waals surface area contributed by atoms with Crippen molar-refractivity contribution in [3.05, 3.63) is 42.2 Å². The van der Waals surface area contributed by atoms with E-state index in [9.17, 15) is 0 Å². The van der Waals surface area contributed by atoms with Gasteiger partial charge in [-0.1, -0.05) is 12.1 Å². The quantitative estimate of drug-likeness (QED) is 0.876. The highest BCUT2D eigenvalue weighted by Gasteiger charge is 2.10. The van der Waals surface area contributed by atoms with Gasteiger partial charge in [0.1, 0.15) is 0 Å². The van der Waals surface area contributed by atoms with Gasteiger partial charge in [-0.3, -0.25) is 0 Å². The number of aromatic nitrogens is 2. The molecule has 4 heteroatoms. The maximum absolute atomic E-state index is 4.36. The first-order chi connectivity index (χ1) is 8.22. The fraction of sp³-hybridized carbons (Fsp3) is 0.231. The molecule has 2 aromatic rings. The zero-order valence-corrected chi connectivity index (χ0v) is 10.3. The molecule has 0 atom stereocenters. The SMILES string of the molecule is CNc1nccnc1N(C)c1cccc(C)c1. The highest BCUT2D eigenvalue weighted by atomic mass is 15.2. The molecule has 4 nitrogen and oxygen atoms in total. The Balaban J connectivity index is 2.40. The van der Waals surface area contributed by atoms with Crippen LogP contribution < -0.4 is 10.2 Å². The molecule has 1 N–H and O–H groups in total. The Bertz CT molecular complexity index is 510. The van der Waals surface area contributed by atoms with Gasteiger partial charge in [-0.2, -0.15) is 0 Å². The normalized spacial score (nSPS) is 10.1. The number of benzene rings is 1. The standard InChI is InChI=1S/C13H16N4/c1-10-5-4-6-11(9-10)17(3)13-12(14-2)15-7-8-16-13/h4-9H,1-3H3,(H,14,15). The molecule has 1 heterocycles. The Morgan fingerprint density at radius 1 is 1.18 bits per heavy atom. The zero-order valence-electron chi connectivity index (χ0n) is 10.3. The summed E-state index contributed by atoms with van der Waals surface area (Å²) in [5.41, 5.74) is 2.33. The van der Waals surface area contributed by atoms with Crippen molar-refractivity contribution in [2.75, 3.05) is 24.3 Å². The molecule has 0 saturated heterocycles. The summed E-state index contributed by atoms with van der Waals surface area (Å²) < 4.78 is 0. The maximum Gasteiger partial charge on any atom is 0.175 e. The maximum atomic E-state index is 4.36. The van der Waals surface area contributed by atoms with E-state index in [1.807, 2.05) is 25.1 Å². The van der Waals surface area contributed by atoms with Crippen molar-refractivity contribution in [3.63, 3.8) is 0 Å². The lowest BCUT2D eigenvalue weighted by atomic mass is 10.2. The van der Waals surface area contributed by atoms with Gasteiger partial charge < -0.3 is 10.2 Å². The third-order valence-electron chi connectivity index (χ3n) is 2.62. The molecule has 1 aromatic heterocycles. The lowest BCUT2D eigenvalue weighted by Crippen LogP contribution is -2.14. The van der Waals surface area contributed by atoms with Gasteiger partial charge in [0, 0.05) is 32.2 Å². The van der Waals surface area contributed by atoms with Crippen molar-refractivity contribution in [3.8, 4) is 0 Å². The second-order valence-corrected chi connectivity index (χ2v) is 3.88. The third kappa shape index (κ3) is 2.36. The Kier molecular flexibility index (Phi) is 3.23. The Morgan fingerprint density at radius 3 is 2.65 bits per heavy atom. The van der Waals surface area contributed by atoms with Crippen molar-refractivity contribution in [1.82, 2.24) is 9.97 Å². The summed E-state index contributed by atoms with van der Waals surface area (Å²) in [4.78, 5) is 10.6. The van der Waals surface area contributed by atoms with E-state index in [2.05, 4.69) is 40.4 Å². The summed E-state index contributed by atoms with van der Waals surface area (Å²) in [5.74, 6) is 1.59. The van der Waals surface area contributed by atoms with Crippen LogP contribution in [0.4, 0.5) is 17.3 Å². The Morgan fingerprint density at radius 2 is 1.94 bits per heavy atom. The van der Waals surface area contributed by atoms with Crippen molar-refractivity contribution >= 4 is 17.3 Å². The third-order valence-corrected chi connectivity index (χ3v) is 2.62. The minimum atomic E-state index is 0.775. The zero-order chi connectivity index (χ0) is 12.3. The van der Waals surface area contributed by atoms with E-state index in [-0.39, 0.29) is 0 Å². The summed E-state index contributed by atoms with van der Waals surface area (Å²) in [6.07, 6.45) is 3.38. The molecule has 1 aromatic carbocycles. The number of hydrogen-bond donors (Lipinski definition) is 1. The van der Waals surface area contributed by atoms with Crippen molar-refractivity contribution < 1.29 is 0 Å². The van der Waals surface area contributed by atoms with E-state index in [0.717, 1.165) is 17.3 Å². The molecule has 0 bridgehead atoms. The van der Waals surface area contributed by atoms with Gasteiger partial charge in [0.25, 0.3) is 0 Å². The van der Waals surface area contributed by atoms with Gasteiger partial charge in [0.15, 0.2) is 11.6 Å². The lowest BCUT2D eigenvalue weighted by Gasteiger charge is -2.20. The van der Waals surface area contributed by atoms with Crippen LogP contribution >= 0.6 is 0 Å². The molecule has 0 fully saturated rings. The molecule has 0 aliphatic heterocycles. The van der Waals surface area contributed by atoms with Crippen LogP contribution in [-0.2, 0) is 0 Å². The number of rotatable bonds is 3. The van der Waals surface area contributed by atoms with Gasteiger partial charge in [0.2, 0.25) is 0 Å². The summed E-state index contributed by atoms with van der Waals surface area (Å²) in [6, 6.07) is 8.29. The molecular weight excluding hydrogens is 212 g/mol. The van der Waals surface area contributed by atoms with Gasteiger partial charge in [-0.05, 0) is 24.6 Å². The number of nitrogens with one attached hydrogen (secondary N) is 1. The molecule has 0 saturated carbocycles.